The summed E-state index contributed by atoms with van der Waals surface area (Å²) in [5.41, 5.74) is -0.882. The van der Waals surface area contributed by atoms with Gasteiger partial charge in [-0.05, 0) is 6.92 Å². The number of guanidine groups is 1. The number of aromatic nitrogens is 1. The summed E-state index contributed by atoms with van der Waals surface area (Å²) in [7, 11) is -3.08. The first-order valence-corrected chi connectivity index (χ1v) is 10.1. The average molecular weight is 386 g/mol. The molecular formula is C13H21F3N4O2S2. The molecule has 0 unspecified atom stereocenters. The summed E-state index contributed by atoms with van der Waals surface area (Å²) in [4.78, 5) is 7.68. The molecule has 11 heteroatoms. The van der Waals surface area contributed by atoms with Gasteiger partial charge in [0.25, 0.3) is 0 Å². The lowest BCUT2D eigenvalue weighted by Crippen LogP contribution is -2.38. The van der Waals surface area contributed by atoms with Crippen molar-refractivity contribution in [3.8, 4) is 0 Å². The summed E-state index contributed by atoms with van der Waals surface area (Å²) in [5.74, 6) is 0.455. The maximum atomic E-state index is 12.5. The molecule has 0 amide bonds. The lowest BCUT2D eigenvalue weighted by molar-refractivity contribution is -0.140. The van der Waals surface area contributed by atoms with Crippen LogP contribution in [0.3, 0.4) is 0 Å². The number of hydrogen-bond donors (Lipinski definition) is 2. The number of alkyl halides is 3. The number of nitrogens with zero attached hydrogens (tertiary/aromatic N) is 2. The first kappa shape index (κ1) is 20.7. The largest absolute Gasteiger partial charge is 0.434 e. The van der Waals surface area contributed by atoms with E-state index >= 15 is 0 Å². The van der Waals surface area contributed by atoms with Crippen LogP contribution < -0.4 is 10.6 Å². The molecule has 0 aromatic carbocycles. The van der Waals surface area contributed by atoms with Crippen molar-refractivity contribution in [3.63, 3.8) is 0 Å². The van der Waals surface area contributed by atoms with Gasteiger partial charge in [-0.1, -0.05) is 6.92 Å². The highest BCUT2D eigenvalue weighted by Crippen LogP contribution is 2.29. The molecule has 2 N–H and O–H groups in total. The molecule has 0 aliphatic heterocycles. The number of sulfone groups is 1. The Labute approximate surface area is 143 Å². The molecule has 0 aliphatic carbocycles. The van der Waals surface area contributed by atoms with Crippen LogP contribution in [0.2, 0.25) is 0 Å². The van der Waals surface area contributed by atoms with Crippen molar-refractivity contribution in [1.82, 2.24) is 15.6 Å². The molecule has 0 atom stereocenters. The van der Waals surface area contributed by atoms with Crippen LogP contribution in [0.25, 0.3) is 0 Å². The fourth-order valence-corrected chi connectivity index (χ4v) is 3.09. The van der Waals surface area contributed by atoms with Gasteiger partial charge in [0.05, 0.1) is 17.3 Å². The van der Waals surface area contributed by atoms with Crippen LogP contribution in [0.5, 0.6) is 0 Å². The van der Waals surface area contributed by atoms with E-state index in [1.807, 2.05) is 6.92 Å². The van der Waals surface area contributed by atoms with Crippen LogP contribution in [-0.4, -0.2) is 50.5 Å². The van der Waals surface area contributed by atoms with Crippen molar-refractivity contribution in [2.75, 3.05) is 31.1 Å². The number of hydrogen-bond acceptors (Lipinski definition) is 5. The third-order valence-corrected chi connectivity index (χ3v) is 5.52. The van der Waals surface area contributed by atoms with Crippen LogP contribution in [-0.2, 0) is 22.4 Å². The second-order valence-electron chi connectivity index (χ2n) is 4.80. The van der Waals surface area contributed by atoms with Gasteiger partial charge in [-0.2, -0.15) is 13.2 Å². The second-order valence-corrected chi connectivity index (χ2v) is 8.21. The molecular weight excluding hydrogens is 365 g/mol. The quantitative estimate of drug-likeness (QED) is 0.525. The van der Waals surface area contributed by atoms with Crippen molar-refractivity contribution in [2.24, 2.45) is 4.99 Å². The zero-order valence-electron chi connectivity index (χ0n) is 13.5. The van der Waals surface area contributed by atoms with Gasteiger partial charge < -0.3 is 10.6 Å². The van der Waals surface area contributed by atoms with E-state index < -0.39 is 21.7 Å². The molecule has 6 nitrogen and oxygen atoms in total. The Kier molecular flexibility index (Phi) is 7.94. The van der Waals surface area contributed by atoms with Gasteiger partial charge in [-0.25, -0.2) is 13.4 Å². The maximum Gasteiger partial charge on any atom is 0.434 e. The maximum absolute atomic E-state index is 12.5. The number of halogens is 3. The Bertz CT molecular complexity index is 642. The summed E-state index contributed by atoms with van der Waals surface area (Å²) in [6.45, 7) is 4.49. The van der Waals surface area contributed by atoms with E-state index in [-0.39, 0.29) is 18.1 Å². The topological polar surface area (TPSA) is 83.5 Å². The monoisotopic (exact) mass is 386 g/mol. The Morgan fingerprint density at radius 1 is 1.33 bits per heavy atom. The highest BCUT2D eigenvalue weighted by molar-refractivity contribution is 7.91. The summed E-state index contributed by atoms with van der Waals surface area (Å²) in [6, 6.07) is 0. The average Bonchev–Trinajstić information content (AvgIpc) is 2.96. The highest BCUT2D eigenvalue weighted by Gasteiger charge is 2.33. The molecule has 0 bridgehead atoms. The van der Waals surface area contributed by atoms with Crippen LogP contribution in [0.1, 0.15) is 24.5 Å². The molecule has 1 aromatic heterocycles. The van der Waals surface area contributed by atoms with E-state index in [1.54, 1.807) is 6.92 Å². The second kappa shape index (κ2) is 9.21. The third kappa shape index (κ3) is 7.47. The standard InChI is InChI=1S/C13H21F3N4O2S2/c1-3-17-12(19-7-8-24(21,22)4-2)18-6-5-11-20-10(9-23-11)13(14,15)16/h9H,3-8H2,1-2H3,(H2,17,18,19). The molecule has 138 valence electrons. The SMILES string of the molecule is CCNC(=NCCS(=O)(=O)CC)NCCc1nc(C(F)(F)F)cs1. The minimum Gasteiger partial charge on any atom is -0.357 e. The number of thiazole rings is 1. The zero-order valence-corrected chi connectivity index (χ0v) is 15.1. The van der Waals surface area contributed by atoms with Crippen molar-refractivity contribution in [3.05, 3.63) is 16.1 Å². The van der Waals surface area contributed by atoms with E-state index in [4.69, 9.17) is 0 Å². The van der Waals surface area contributed by atoms with Gasteiger partial charge in [0.15, 0.2) is 21.5 Å². The van der Waals surface area contributed by atoms with Gasteiger partial charge in [0.1, 0.15) is 0 Å². The molecule has 0 aliphatic rings. The third-order valence-electron chi connectivity index (χ3n) is 2.93. The highest BCUT2D eigenvalue weighted by atomic mass is 32.2. The Hall–Kier alpha value is -1.36. The van der Waals surface area contributed by atoms with Crippen LogP contribution in [0, 0.1) is 0 Å². The van der Waals surface area contributed by atoms with Gasteiger partial charge in [-0.15, -0.1) is 11.3 Å². The van der Waals surface area contributed by atoms with E-state index in [1.165, 1.54) is 0 Å². The molecule has 0 saturated heterocycles. The first-order chi connectivity index (χ1) is 11.2. The lowest BCUT2D eigenvalue weighted by atomic mass is 10.4. The molecule has 0 radical (unpaired) electrons. The molecule has 1 aromatic rings. The van der Waals surface area contributed by atoms with Crippen LogP contribution >= 0.6 is 11.3 Å². The van der Waals surface area contributed by atoms with Crippen LogP contribution in [0.4, 0.5) is 13.2 Å². The summed E-state index contributed by atoms with van der Waals surface area (Å²) < 4.78 is 60.2. The van der Waals surface area contributed by atoms with E-state index in [9.17, 15) is 21.6 Å². The molecule has 0 saturated carbocycles. The lowest BCUT2D eigenvalue weighted by Gasteiger charge is -2.10. The van der Waals surface area contributed by atoms with Gasteiger partial charge in [-0.3, -0.25) is 4.99 Å². The number of rotatable bonds is 8. The van der Waals surface area contributed by atoms with Gasteiger partial charge >= 0.3 is 6.18 Å². The molecule has 1 heterocycles. The Morgan fingerprint density at radius 3 is 2.58 bits per heavy atom. The fraction of sp³-hybridized carbons (Fsp3) is 0.692. The van der Waals surface area contributed by atoms with Crippen LogP contribution in [0.15, 0.2) is 10.4 Å². The normalized spacial score (nSPS) is 13.1. The number of aliphatic imine (C=N–C) groups is 1. The molecule has 24 heavy (non-hydrogen) atoms. The van der Waals surface area contributed by atoms with Crippen molar-refractivity contribution in [2.45, 2.75) is 26.4 Å². The van der Waals surface area contributed by atoms with Crippen molar-refractivity contribution >= 4 is 27.1 Å². The molecule has 0 fully saturated rings. The Morgan fingerprint density at radius 2 is 2.04 bits per heavy atom. The van der Waals surface area contributed by atoms with Gasteiger partial charge in [0.2, 0.25) is 0 Å². The van der Waals surface area contributed by atoms with Crippen molar-refractivity contribution in [1.29, 1.82) is 0 Å². The predicted octanol–water partition coefficient (Wildman–Crippen LogP) is 1.69. The van der Waals surface area contributed by atoms with E-state index in [2.05, 4.69) is 20.6 Å². The minimum atomic E-state index is -4.43. The summed E-state index contributed by atoms with van der Waals surface area (Å²) in [5, 5.41) is 7.27. The first-order valence-electron chi connectivity index (χ1n) is 7.42. The minimum absolute atomic E-state index is 0.0402. The van der Waals surface area contributed by atoms with Crippen molar-refractivity contribution < 1.29 is 21.6 Å². The fourth-order valence-electron chi connectivity index (χ4n) is 1.63. The number of nitrogens with one attached hydrogen (secondary N) is 2. The van der Waals surface area contributed by atoms with E-state index in [0.717, 1.165) is 16.7 Å². The molecule has 0 spiro atoms. The van der Waals surface area contributed by atoms with Gasteiger partial charge in [0, 0.05) is 30.6 Å². The smallest absolute Gasteiger partial charge is 0.357 e. The summed E-state index contributed by atoms with van der Waals surface area (Å²) in [6.07, 6.45) is -4.11. The zero-order chi connectivity index (χ0) is 18.2. The molecule has 1 rings (SSSR count). The Balaban J connectivity index is 2.50. The predicted molar refractivity (Wildman–Crippen MR) is 89.1 cm³/mol. The summed E-state index contributed by atoms with van der Waals surface area (Å²) >= 11 is 0.955. The van der Waals surface area contributed by atoms with E-state index in [0.29, 0.717) is 30.5 Å².